The minimum absolute atomic E-state index is 0.331. The first-order chi connectivity index (χ1) is 2.77. The third-order valence-electron chi connectivity index (χ3n) is 0.393. The molecule has 0 radical (unpaired) electrons. The van der Waals surface area contributed by atoms with Crippen LogP contribution in [0.1, 0.15) is 6.92 Å². The average molecular weight is 87.1 g/mol. The van der Waals surface area contributed by atoms with E-state index in [1.54, 1.807) is 6.92 Å². The quantitative estimate of drug-likeness (QED) is 0.475. The van der Waals surface area contributed by atoms with Crippen LogP contribution in [0, 0.1) is 0 Å². The van der Waals surface area contributed by atoms with Gasteiger partial charge in [-0.25, -0.2) is 0 Å². The average Bonchev–Trinajstić information content (AvgIpc) is 1.35. The molecule has 0 amide bonds. The summed E-state index contributed by atoms with van der Waals surface area (Å²) in [6, 6.07) is 0. The van der Waals surface area contributed by atoms with Gasteiger partial charge in [0.05, 0.1) is 12.6 Å². The molecule has 0 heterocycles. The molecule has 0 rings (SSSR count). The fourth-order valence-electron chi connectivity index (χ4n) is 0.187. The van der Waals surface area contributed by atoms with E-state index in [9.17, 15) is 0 Å². The molecule has 0 aromatic rings. The van der Waals surface area contributed by atoms with Gasteiger partial charge in [0, 0.05) is 0 Å². The lowest BCUT2D eigenvalue weighted by Gasteiger charge is -1.92. The summed E-state index contributed by atoms with van der Waals surface area (Å²) < 4.78 is 0. The van der Waals surface area contributed by atoms with Crippen molar-refractivity contribution in [2.45, 2.75) is 13.0 Å². The summed E-state index contributed by atoms with van der Waals surface area (Å²) in [4.78, 5) is 3.44. The molecule has 0 saturated heterocycles. The second kappa shape index (κ2) is 2.85. The number of rotatable bonds is 2. The van der Waals surface area contributed by atoms with Crippen LogP contribution < -0.4 is 0 Å². The molecule has 0 fully saturated rings. The van der Waals surface area contributed by atoms with E-state index in [0.717, 1.165) is 0 Å². The lowest BCUT2D eigenvalue weighted by atomic mass is 10.4. The van der Waals surface area contributed by atoms with Crippen molar-refractivity contribution in [1.82, 2.24) is 0 Å². The van der Waals surface area contributed by atoms with E-state index in [1.165, 1.54) is 0 Å². The molecular formula is C4H9NO. The zero-order valence-electron chi connectivity index (χ0n) is 3.89. The third kappa shape index (κ3) is 3.63. The topological polar surface area (TPSA) is 32.6 Å². The van der Waals surface area contributed by atoms with Gasteiger partial charge in [0.2, 0.25) is 0 Å². The van der Waals surface area contributed by atoms with Crippen molar-refractivity contribution in [3.8, 4) is 0 Å². The van der Waals surface area contributed by atoms with E-state index >= 15 is 0 Å². The van der Waals surface area contributed by atoms with Gasteiger partial charge < -0.3 is 5.11 Å². The summed E-state index contributed by atoms with van der Waals surface area (Å²) in [7, 11) is 0. The number of nitrogens with zero attached hydrogens (tertiary/aromatic N) is 1. The molecule has 6 heavy (non-hydrogen) atoms. The van der Waals surface area contributed by atoms with Gasteiger partial charge in [-0.2, -0.15) is 0 Å². The molecule has 2 heteroatoms. The number of aliphatic hydroxyl groups is 1. The zero-order chi connectivity index (χ0) is 4.99. The van der Waals surface area contributed by atoms with Crippen LogP contribution in [0.4, 0.5) is 0 Å². The van der Waals surface area contributed by atoms with Crippen LogP contribution >= 0.6 is 0 Å². The van der Waals surface area contributed by atoms with Crippen LogP contribution in [-0.2, 0) is 0 Å². The van der Waals surface area contributed by atoms with Crippen molar-refractivity contribution in [3.05, 3.63) is 0 Å². The first kappa shape index (κ1) is 5.63. The standard InChI is InChI=1S/C4H9NO/c1-4(6)3-5-2/h4,6H,2-3H2,1H3. The Morgan fingerprint density at radius 3 is 2.50 bits per heavy atom. The van der Waals surface area contributed by atoms with E-state index in [0.29, 0.717) is 6.54 Å². The molecule has 0 aromatic heterocycles. The molecule has 0 aromatic carbocycles. The maximum Gasteiger partial charge on any atom is 0.0706 e. The smallest absolute Gasteiger partial charge is 0.0706 e. The molecule has 1 atom stereocenters. The van der Waals surface area contributed by atoms with Crippen LogP contribution in [0.25, 0.3) is 0 Å². The van der Waals surface area contributed by atoms with Crippen LogP contribution in [0.5, 0.6) is 0 Å². The molecule has 0 aliphatic rings. The maximum atomic E-state index is 8.42. The Hall–Kier alpha value is -0.370. The highest BCUT2D eigenvalue weighted by Crippen LogP contribution is 1.75. The van der Waals surface area contributed by atoms with Crippen LogP contribution in [0.2, 0.25) is 0 Å². The molecule has 0 aliphatic carbocycles. The minimum atomic E-state index is -0.331. The second-order valence-corrected chi connectivity index (χ2v) is 1.26. The van der Waals surface area contributed by atoms with Gasteiger partial charge in [-0.3, -0.25) is 4.99 Å². The van der Waals surface area contributed by atoms with Gasteiger partial charge in [0.1, 0.15) is 0 Å². The molecule has 2 nitrogen and oxygen atoms in total. The van der Waals surface area contributed by atoms with Crippen molar-refractivity contribution in [2.24, 2.45) is 4.99 Å². The summed E-state index contributed by atoms with van der Waals surface area (Å²) in [5.41, 5.74) is 0. The van der Waals surface area contributed by atoms with Crippen molar-refractivity contribution in [3.63, 3.8) is 0 Å². The summed E-state index contributed by atoms with van der Waals surface area (Å²) in [5, 5.41) is 8.42. The van der Waals surface area contributed by atoms with E-state index in [-0.39, 0.29) is 6.10 Å². The van der Waals surface area contributed by atoms with Gasteiger partial charge in [-0.05, 0) is 13.6 Å². The Morgan fingerprint density at radius 2 is 2.50 bits per heavy atom. The number of hydrogen-bond donors (Lipinski definition) is 1. The van der Waals surface area contributed by atoms with Gasteiger partial charge >= 0.3 is 0 Å². The van der Waals surface area contributed by atoms with Crippen molar-refractivity contribution < 1.29 is 5.11 Å². The molecule has 1 unspecified atom stereocenters. The molecule has 0 saturated carbocycles. The largest absolute Gasteiger partial charge is 0.391 e. The van der Waals surface area contributed by atoms with E-state index in [2.05, 4.69) is 11.7 Å². The van der Waals surface area contributed by atoms with E-state index < -0.39 is 0 Å². The normalized spacial score (nSPS) is 13.7. The van der Waals surface area contributed by atoms with Crippen molar-refractivity contribution in [1.29, 1.82) is 0 Å². The Kier molecular flexibility index (Phi) is 2.67. The number of hydrogen-bond acceptors (Lipinski definition) is 2. The van der Waals surface area contributed by atoms with Crippen molar-refractivity contribution in [2.75, 3.05) is 6.54 Å². The van der Waals surface area contributed by atoms with Crippen LogP contribution in [0.15, 0.2) is 4.99 Å². The Morgan fingerprint density at radius 1 is 2.00 bits per heavy atom. The lowest BCUT2D eigenvalue weighted by molar-refractivity contribution is 0.204. The van der Waals surface area contributed by atoms with Crippen LogP contribution in [0.3, 0.4) is 0 Å². The Bertz CT molecular complexity index is 42.8. The molecule has 0 aliphatic heterocycles. The monoisotopic (exact) mass is 87.1 g/mol. The Labute approximate surface area is 37.5 Å². The zero-order valence-corrected chi connectivity index (χ0v) is 3.89. The predicted octanol–water partition coefficient (Wildman–Crippen LogP) is 0.0678. The fourth-order valence-corrected chi connectivity index (χ4v) is 0.187. The van der Waals surface area contributed by atoms with Gasteiger partial charge in [0.15, 0.2) is 0 Å². The summed E-state index contributed by atoms with van der Waals surface area (Å²) in [6.45, 7) is 5.31. The molecule has 0 bridgehead atoms. The number of aliphatic imine (C=N–C) groups is 1. The third-order valence-corrected chi connectivity index (χ3v) is 0.393. The summed E-state index contributed by atoms with van der Waals surface area (Å²) in [6.07, 6.45) is -0.331. The molecule has 36 valence electrons. The van der Waals surface area contributed by atoms with E-state index in [4.69, 9.17) is 5.11 Å². The highest BCUT2D eigenvalue weighted by atomic mass is 16.3. The lowest BCUT2D eigenvalue weighted by Crippen LogP contribution is -2.02. The van der Waals surface area contributed by atoms with E-state index in [1.807, 2.05) is 0 Å². The fraction of sp³-hybridized carbons (Fsp3) is 0.750. The summed E-state index contributed by atoms with van der Waals surface area (Å²) in [5.74, 6) is 0. The highest BCUT2D eigenvalue weighted by molar-refractivity contribution is 5.23. The SMILES string of the molecule is C=NCC(C)O. The first-order valence-corrected chi connectivity index (χ1v) is 1.88. The maximum absolute atomic E-state index is 8.42. The van der Waals surface area contributed by atoms with Gasteiger partial charge in [-0.15, -0.1) is 0 Å². The van der Waals surface area contributed by atoms with Gasteiger partial charge in [-0.1, -0.05) is 0 Å². The van der Waals surface area contributed by atoms with Crippen LogP contribution in [-0.4, -0.2) is 24.5 Å². The highest BCUT2D eigenvalue weighted by Gasteiger charge is 1.85. The van der Waals surface area contributed by atoms with Crippen molar-refractivity contribution >= 4 is 6.72 Å². The molecule has 0 spiro atoms. The van der Waals surface area contributed by atoms with Gasteiger partial charge in [0.25, 0.3) is 0 Å². The first-order valence-electron chi connectivity index (χ1n) is 1.88. The predicted molar refractivity (Wildman–Crippen MR) is 26.1 cm³/mol. The number of aliphatic hydroxyl groups excluding tert-OH is 1. The Balaban J connectivity index is 2.81. The molecule has 1 N–H and O–H groups in total. The minimum Gasteiger partial charge on any atom is -0.391 e. The second-order valence-electron chi connectivity index (χ2n) is 1.26. The molecular weight excluding hydrogens is 78.0 g/mol. The summed E-state index contributed by atoms with van der Waals surface area (Å²) >= 11 is 0.